The number of rotatable bonds is 3. The number of nitrogens with zero attached hydrogens (tertiary/aromatic N) is 5. The molecule has 1 aromatic carbocycles. The van der Waals surface area contributed by atoms with Crippen LogP contribution in [0.25, 0.3) is 16.6 Å². The number of benzene rings is 1. The summed E-state index contributed by atoms with van der Waals surface area (Å²) in [5.41, 5.74) is 2.41. The Kier molecular flexibility index (Phi) is 4.47. The van der Waals surface area contributed by atoms with Gasteiger partial charge in [-0.15, -0.1) is 0 Å². The predicted octanol–water partition coefficient (Wildman–Crippen LogP) is 2.47. The van der Waals surface area contributed by atoms with Gasteiger partial charge in [-0.1, -0.05) is 11.6 Å². The number of amides is 1. The third-order valence-electron chi connectivity index (χ3n) is 4.99. The van der Waals surface area contributed by atoms with Gasteiger partial charge in [-0.3, -0.25) is 9.59 Å². The van der Waals surface area contributed by atoms with Crippen LogP contribution in [0.1, 0.15) is 24.2 Å². The van der Waals surface area contributed by atoms with E-state index in [2.05, 4.69) is 10.2 Å². The molecule has 0 aliphatic carbocycles. The van der Waals surface area contributed by atoms with Crippen molar-refractivity contribution in [2.24, 2.45) is 0 Å². The fourth-order valence-electron chi connectivity index (χ4n) is 3.55. The monoisotopic (exact) mass is 385 g/mol. The minimum atomic E-state index is -0.291. The van der Waals surface area contributed by atoms with Crippen LogP contribution < -0.4 is 5.56 Å². The SMILES string of the molecule is Cc1nn(CC(=O)N2CCCC2)c(=O)c2c(C)n(-c3ccc(Cl)cc3)nc12. The largest absolute Gasteiger partial charge is 0.341 e. The van der Waals surface area contributed by atoms with E-state index in [1.54, 1.807) is 28.6 Å². The molecule has 140 valence electrons. The average molecular weight is 386 g/mol. The molecular weight excluding hydrogens is 366 g/mol. The zero-order chi connectivity index (χ0) is 19.1. The van der Waals surface area contributed by atoms with Crippen molar-refractivity contribution in [2.75, 3.05) is 13.1 Å². The van der Waals surface area contributed by atoms with Crippen LogP contribution in [0.2, 0.25) is 5.02 Å². The van der Waals surface area contributed by atoms with E-state index in [9.17, 15) is 9.59 Å². The number of halogens is 1. The molecule has 3 heterocycles. The Bertz CT molecular complexity index is 1080. The molecule has 0 N–H and O–H groups in total. The molecule has 1 amide bonds. The second-order valence-electron chi connectivity index (χ2n) is 6.83. The maximum Gasteiger partial charge on any atom is 0.278 e. The van der Waals surface area contributed by atoms with Crippen LogP contribution in [0.3, 0.4) is 0 Å². The number of aryl methyl sites for hydroxylation is 2. The van der Waals surface area contributed by atoms with Gasteiger partial charge in [0.25, 0.3) is 5.56 Å². The standard InChI is InChI=1S/C19H20ClN5O2/c1-12-18-17(13(2)25(22-18)15-7-5-14(20)6-8-15)19(27)24(21-12)11-16(26)23-9-3-4-10-23/h5-8H,3-4,9-11H2,1-2H3. The summed E-state index contributed by atoms with van der Waals surface area (Å²) in [4.78, 5) is 27.2. The Morgan fingerprint density at radius 2 is 1.78 bits per heavy atom. The molecule has 1 saturated heterocycles. The fourth-order valence-corrected chi connectivity index (χ4v) is 3.68. The van der Waals surface area contributed by atoms with Crippen molar-refractivity contribution < 1.29 is 4.79 Å². The van der Waals surface area contributed by atoms with Crippen molar-refractivity contribution in [2.45, 2.75) is 33.2 Å². The number of hydrogen-bond donors (Lipinski definition) is 0. The Balaban J connectivity index is 1.79. The second-order valence-corrected chi connectivity index (χ2v) is 7.27. The van der Waals surface area contributed by atoms with E-state index in [-0.39, 0.29) is 18.0 Å². The topological polar surface area (TPSA) is 73.0 Å². The van der Waals surface area contributed by atoms with E-state index in [1.165, 1.54) is 4.68 Å². The Morgan fingerprint density at radius 3 is 2.44 bits per heavy atom. The first-order valence-electron chi connectivity index (χ1n) is 8.96. The third kappa shape index (κ3) is 3.12. The number of fused-ring (bicyclic) bond motifs is 1. The molecule has 0 unspecified atom stereocenters. The van der Waals surface area contributed by atoms with Gasteiger partial charge >= 0.3 is 0 Å². The molecule has 0 atom stereocenters. The third-order valence-corrected chi connectivity index (χ3v) is 5.24. The van der Waals surface area contributed by atoms with Crippen molar-refractivity contribution in [1.29, 1.82) is 0 Å². The maximum atomic E-state index is 13.0. The lowest BCUT2D eigenvalue weighted by atomic mass is 10.2. The highest BCUT2D eigenvalue weighted by Gasteiger charge is 2.22. The van der Waals surface area contributed by atoms with Crippen LogP contribution in [0.4, 0.5) is 0 Å². The van der Waals surface area contributed by atoms with Crippen LogP contribution >= 0.6 is 11.6 Å². The van der Waals surface area contributed by atoms with Crippen molar-refractivity contribution in [1.82, 2.24) is 24.5 Å². The molecule has 0 spiro atoms. The van der Waals surface area contributed by atoms with Gasteiger partial charge in [-0.2, -0.15) is 10.2 Å². The van der Waals surface area contributed by atoms with Crippen molar-refractivity contribution >= 4 is 28.4 Å². The van der Waals surface area contributed by atoms with E-state index in [4.69, 9.17) is 11.6 Å². The molecule has 2 aromatic heterocycles. The first-order chi connectivity index (χ1) is 13.0. The van der Waals surface area contributed by atoms with E-state index in [1.807, 2.05) is 19.1 Å². The molecule has 27 heavy (non-hydrogen) atoms. The number of hydrogen-bond acceptors (Lipinski definition) is 4. The Morgan fingerprint density at radius 1 is 1.11 bits per heavy atom. The van der Waals surface area contributed by atoms with Crippen LogP contribution in [0, 0.1) is 13.8 Å². The van der Waals surface area contributed by atoms with Gasteiger partial charge in [0.05, 0.1) is 22.5 Å². The Hall–Kier alpha value is -2.67. The summed E-state index contributed by atoms with van der Waals surface area (Å²) < 4.78 is 2.98. The molecule has 7 nitrogen and oxygen atoms in total. The lowest BCUT2D eigenvalue weighted by molar-refractivity contribution is -0.131. The molecule has 1 fully saturated rings. The highest BCUT2D eigenvalue weighted by molar-refractivity contribution is 6.30. The lowest BCUT2D eigenvalue weighted by Crippen LogP contribution is -2.36. The van der Waals surface area contributed by atoms with Crippen molar-refractivity contribution in [3.63, 3.8) is 0 Å². The van der Waals surface area contributed by atoms with Crippen molar-refractivity contribution in [3.8, 4) is 5.69 Å². The maximum absolute atomic E-state index is 13.0. The first-order valence-corrected chi connectivity index (χ1v) is 9.34. The molecular formula is C19H20ClN5O2. The summed E-state index contributed by atoms with van der Waals surface area (Å²) in [6, 6.07) is 7.25. The van der Waals surface area contributed by atoms with E-state index < -0.39 is 0 Å². The van der Waals surface area contributed by atoms with Gasteiger partial charge in [-0.05, 0) is 51.0 Å². The van der Waals surface area contributed by atoms with E-state index >= 15 is 0 Å². The highest BCUT2D eigenvalue weighted by atomic mass is 35.5. The minimum Gasteiger partial charge on any atom is -0.341 e. The molecule has 1 aliphatic heterocycles. The van der Waals surface area contributed by atoms with Crippen LogP contribution in [-0.4, -0.2) is 43.5 Å². The summed E-state index contributed by atoms with van der Waals surface area (Å²) in [7, 11) is 0. The summed E-state index contributed by atoms with van der Waals surface area (Å²) in [6.07, 6.45) is 2.03. The van der Waals surface area contributed by atoms with Gasteiger partial charge in [0.2, 0.25) is 5.91 Å². The smallest absolute Gasteiger partial charge is 0.278 e. The van der Waals surface area contributed by atoms with Gasteiger partial charge < -0.3 is 4.90 Å². The number of carbonyl (C=O) groups is 1. The molecule has 1 aliphatic rings. The van der Waals surface area contributed by atoms with Crippen LogP contribution in [0.15, 0.2) is 29.1 Å². The minimum absolute atomic E-state index is 0.0405. The summed E-state index contributed by atoms with van der Waals surface area (Å²) >= 11 is 5.96. The summed E-state index contributed by atoms with van der Waals surface area (Å²) in [6.45, 7) is 5.11. The fraction of sp³-hybridized carbons (Fsp3) is 0.368. The molecule has 0 bridgehead atoms. The van der Waals surface area contributed by atoms with Crippen LogP contribution in [-0.2, 0) is 11.3 Å². The Labute approximate surface area is 161 Å². The normalized spacial score (nSPS) is 14.3. The van der Waals surface area contributed by atoms with Crippen molar-refractivity contribution in [3.05, 3.63) is 51.0 Å². The summed E-state index contributed by atoms with van der Waals surface area (Å²) in [5.74, 6) is -0.0661. The number of likely N-dealkylation sites (tertiary alicyclic amines) is 1. The zero-order valence-electron chi connectivity index (χ0n) is 15.3. The number of carbonyl (C=O) groups excluding carboxylic acids is 1. The van der Waals surface area contributed by atoms with Gasteiger partial charge in [0.1, 0.15) is 12.1 Å². The molecule has 3 aromatic rings. The molecule has 4 rings (SSSR count). The van der Waals surface area contributed by atoms with E-state index in [0.717, 1.165) is 31.6 Å². The quantitative estimate of drug-likeness (QED) is 0.694. The van der Waals surface area contributed by atoms with E-state index in [0.29, 0.717) is 27.3 Å². The van der Waals surface area contributed by atoms with Gasteiger partial charge in [-0.25, -0.2) is 9.36 Å². The molecule has 8 heteroatoms. The van der Waals surface area contributed by atoms with Gasteiger partial charge in [0.15, 0.2) is 0 Å². The molecule has 0 radical (unpaired) electrons. The average Bonchev–Trinajstić information content (AvgIpc) is 3.29. The number of aromatic nitrogens is 4. The lowest BCUT2D eigenvalue weighted by Gasteiger charge is -2.15. The second kappa shape index (κ2) is 6.81. The zero-order valence-corrected chi connectivity index (χ0v) is 16.0. The first kappa shape index (κ1) is 17.7. The highest BCUT2D eigenvalue weighted by Crippen LogP contribution is 2.21. The molecule has 0 saturated carbocycles. The summed E-state index contributed by atoms with van der Waals surface area (Å²) in [5, 5.41) is 10.0. The van der Waals surface area contributed by atoms with Gasteiger partial charge in [0, 0.05) is 18.1 Å². The van der Waals surface area contributed by atoms with Crippen LogP contribution in [0.5, 0.6) is 0 Å². The predicted molar refractivity (Wildman–Crippen MR) is 103 cm³/mol.